The van der Waals surface area contributed by atoms with Gasteiger partial charge in [-0.1, -0.05) is 110 Å². The lowest BCUT2D eigenvalue weighted by Gasteiger charge is -2.23. The van der Waals surface area contributed by atoms with Gasteiger partial charge in [-0.2, -0.15) is 0 Å². The molecule has 5 aromatic carbocycles. The summed E-state index contributed by atoms with van der Waals surface area (Å²) in [4.78, 5) is 2.55. The molecule has 46 heavy (non-hydrogen) atoms. The topological polar surface area (TPSA) is 26.6 Å². The highest BCUT2D eigenvalue weighted by atomic mass is 16.5. The van der Waals surface area contributed by atoms with Gasteiger partial charge in [0.1, 0.15) is 11.5 Å². The molecule has 0 aliphatic carbocycles. The molecule has 0 atom stereocenters. The summed E-state index contributed by atoms with van der Waals surface area (Å²) < 4.78 is 13.4. The van der Waals surface area contributed by atoms with Crippen LogP contribution in [0.4, 0.5) is 0 Å². The second-order valence-corrected chi connectivity index (χ2v) is 11.6. The average Bonchev–Trinajstić information content (AvgIpc) is 3.49. The van der Waals surface area contributed by atoms with E-state index in [2.05, 4.69) is 132 Å². The predicted octanol–water partition coefficient (Wildman–Crippen LogP) is 9.73. The molecule has 1 heterocycles. The highest BCUT2D eigenvalue weighted by Crippen LogP contribution is 2.39. The van der Waals surface area contributed by atoms with E-state index in [4.69, 9.17) is 9.47 Å². The van der Waals surface area contributed by atoms with Gasteiger partial charge in [0, 0.05) is 48.8 Å². The second-order valence-electron chi connectivity index (χ2n) is 11.6. The van der Waals surface area contributed by atoms with Gasteiger partial charge in [-0.15, -0.1) is 0 Å². The average molecular weight is 607 g/mol. The summed E-state index contributed by atoms with van der Waals surface area (Å²) in [6.07, 6.45) is 3.26. The number of methoxy groups -OCH3 is 2. The van der Waals surface area contributed by atoms with Crippen molar-refractivity contribution < 1.29 is 9.47 Å². The Balaban J connectivity index is 1.40. The highest BCUT2D eigenvalue weighted by molar-refractivity contribution is 6.05. The van der Waals surface area contributed by atoms with Crippen LogP contribution in [0, 0.1) is 0 Å². The van der Waals surface area contributed by atoms with Crippen LogP contribution < -0.4 is 9.47 Å². The van der Waals surface area contributed by atoms with Crippen LogP contribution in [0.5, 0.6) is 11.5 Å². The fourth-order valence-corrected chi connectivity index (χ4v) is 6.35. The van der Waals surface area contributed by atoms with E-state index in [0.29, 0.717) is 0 Å². The fourth-order valence-electron chi connectivity index (χ4n) is 6.35. The first kappa shape index (κ1) is 30.9. The number of aromatic nitrogens is 1. The molecule has 0 saturated heterocycles. The van der Waals surface area contributed by atoms with E-state index in [1.165, 1.54) is 38.7 Å². The molecule has 4 heteroatoms. The van der Waals surface area contributed by atoms with Crippen molar-refractivity contribution in [3.05, 3.63) is 167 Å². The van der Waals surface area contributed by atoms with E-state index in [1.54, 1.807) is 14.2 Å². The van der Waals surface area contributed by atoms with Gasteiger partial charge >= 0.3 is 0 Å². The van der Waals surface area contributed by atoms with Crippen molar-refractivity contribution in [3.63, 3.8) is 0 Å². The maximum atomic E-state index is 5.50. The van der Waals surface area contributed by atoms with Crippen LogP contribution in [0.15, 0.2) is 140 Å². The molecule has 6 rings (SSSR count). The molecule has 0 unspecified atom stereocenters. The number of rotatable bonds is 13. The zero-order valence-corrected chi connectivity index (χ0v) is 27.0. The van der Waals surface area contributed by atoms with Crippen LogP contribution in [-0.4, -0.2) is 30.2 Å². The zero-order chi connectivity index (χ0) is 31.7. The van der Waals surface area contributed by atoms with E-state index in [0.717, 1.165) is 55.2 Å². The minimum Gasteiger partial charge on any atom is -0.497 e. The van der Waals surface area contributed by atoms with Gasteiger partial charge in [0.15, 0.2) is 0 Å². The third-order valence-corrected chi connectivity index (χ3v) is 8.68. The van der Waals surface area contributed by atoms with Crippen molar-refractivity contribution in [3.8, 4) is 11.5 Å². The SMILES string of the molecule is CCC(=C(c1ccc(OC)cc1)c1ccc(OC)cc1)c1cn(CCN(Cc2ccccc2)Cc2ccccc2)c2ccccc12. The molecule has 1 aromatic heterocycles. The molecule has 0 aliphatic rings. The fraction of sp³-hybridized carbons (Fsp3) is 0.190. The molecule has 0 N–H and O–H groups in total. The lowest BCUT2D eigenvalue weighted by molar-refractivity contribution is 0.247. The van der Waals surface area contributed by atoms with Gasteiger partial charge in [-0.25, -0.2) is 0 Å². The van der Waals surface area contributed by atoms with Crippen molar-refractivity contribution in [2.45, 2.75) is 33.0 Å². The number of nitrogens with zero attached hydrogens (tertiary/aromatic N) is 2. The van der Waals surface area contributed by atoms with Gasteiger partial charge in [0.05, 0.1) is 14.2 Å². The number of benzene rings is 5. The molecule has 4 nitrogen and oxygen atoms in total. The molecular weight excluding hydrogens is 564 g/mol. The molecule has 6 aromatic rings. The van der Waals surface area contributed by atoms with E-state index in [1.807, 2.05) is 24.3 Å². The number of hydrogen-bond acceptors (Lipinski definition) is 3. The summed E-state index contributed by atoms with van der Waals surface area (Å²) in [5.41, 5.74) is 10.1. The van der Waals surface area contributed by atoms with Crippen LogP contribution in [-0.2, 0) is 19.6 Å². The lowest BCUT2D eigenvalue weighted by Crippen LogP contribution is -2.26. The van der Waals surface area contributed by atoms with Crippen LogP contribution in [0.3, 0.4) is 0 Å². The Kier molecular flexibility index (Phi) is 9.97. The Morgan fingerprint density at radius 2 is 1.11 bits per heavy atom. The normalized spacial score (nSPS) is 11.1. The van der Waals surface area contributed by atoms with Crippen molar-refractivity contribution >= 4 is 22.0 Å². The number of fused-ring (bicyclic) bond motifs is 1. The van der Waals surface area contributed by atoms with E-state index in [-0.39, 0.29) is 0 Å². The van der Waals surface area contributed by atoms with E-state index < -0.39 is 0 Å². The predicted molar refractivity (Wildman–Crippen MR) is 191 cm³/mol. The van der Waals surface area contributed by atoms with Gasteiger partial charge in [-0.3, -0.25) is 4.90 Å². The van der Waals surface area contributed by atoms with Gasteiger partial charge < -0.3 is 14.0 Å². The van der Waals surface area contributed by atoms with E-state index in [9.17, 15) is 0 Å². The molecule has 0 fully saturated rings. The Morgan fingerprint density at radius 1 is 0.609 bits per heavy atom. The number of ether oxygens (including phenoxy) is 2. The minimum absolute atomic E-state index is 0.850. The summed E-state index contributed by atoms with van der Waals surface area (Å²) in [6.45, 7) is 5.88. The van der Waals surface area contributed by atoms with Crippen molar-refractivity contribution in [1.29, 1.82) is 0 Å². The van der Waals surface area contributed by atoms with Crippen LogP contribution in [0.25, 0.3) is 22.0 Å². The number of hydrogen-bond donors (Lipinski definition) is 0. The van der Waals surface area contributed by atoms with Crippen LogP contribution >= 0.6 is 0 Å². The Bertz CT molecular complexity index is 1780. The van der Waals surface area contributed by atoms with Gasteiger partial charge in [0.25, 0.3) is 0 Å². The van der Waals surface area contributed by atoms with E-state index >= 15 is 0 Å². The molecule has 0 radical (unpaired) electrons. The third kappa shape index (κ3) is 7.09. The summed E-state index contributed by atoms with van der Waals surface area (Å²) in [5, 5.41) is 1.27. The molecule has 0 spiro atoms. The number of para-hydroxylation sites is 1. The maximum absolute atomic E-state index is 5.50. The first-order valence-electron chi connectivity index (χ1n) is 16.1. The second kappa shape index (κ2) is 14.8. The third-order valence-electron chi connectivity index (χ3n) is 8.68. The Labute approximate surface area is 273 Å². The smallest absolute Gasteiger partial charge is 0.118 e. The largest absolute Gasteiger partial charge is 0.497 e. The number of allylic oxidation sites excluding steroid dienone is 1. The molecule has 232 valence electrons. The summed E-state index contributed by atoms with van der Waals surface area (Å²) in [5.74, 6) is 1.70. The quantitative estimate of drug-likeness (QED) is 0.131. The van der Waals surface area contributed by atoms with Crippen LogP contribution in [0.1, 0.15) is 41.2 Å². The monoisotopic (exact) mass is 606 g/mol. The van der Waals surface area contributed by atoms with Crippen molar-refractivity contribution in [1.82, 2.24) is 9.47 Å². The van der Waals surface area contributed by atoms with Crippen LogP contribution in [0.2, 0.25) is 0 Å². The highest BCUT2D eigenvalue weighted by Gasteiger charge is 2.19. The molecule has 0 saturated carbocycles. The van der Waals surface area contributed by atoms with Crippen molar-refractivity contribution in [2.75, 3.05) is 20.8 Å². The first-order valence-corrected chi connectivity index (χ1v) is 16.1. The maximum Gasteiger partial charge on any atom is 0.118 e. The Morgan fingerprint density at radius 3 is 1.61 bits per heavy atom. The minimum atomic E-state index is 0.850. The van der Waals surface area contributed by atoms with Gasteiger partial charge in [0.2, 0.25) is 0 Å². The summed E-state index contributed by atoms with van der Waals surface area (Å²) in [6, 6.07) is 47.2. The molecule has 0 amide bonds. The summed E-state index contributed by atoms with van der Waals surface area (Å²) >= 11 is 0. The van der Waals surface area contributed by atoms with Crippen molar-refractivity contribution in [2.24, 2.45) is 0 Å². The lowest BCUT2D eigenvalue weighted by atomic mass is 9.88. The molecule has 0 aliphatic heterocycles. The van der Waals surface area contributed by atoms with Gasteiger partial charge in [-0.05, 0) is 70.2 Å². The zero-order valence-electron chi connectivity index (χ0n) is 27.0. The summed E-state index contributed by atoms with van der Waals surface area (Å²) in [7, 11) is 3.42. The Hall–Kier alpha value is -5.06. The standard InChI is InChI=1S/C42H42N2O2/c1-4-38(42(34-19-23-36(45-2)24-20-34)35-21-25-37(46-3)26-22-35)40-31-44(41-18-12-11-17-39(40)41)28-27-43(29-32-13-7-5-8-14-32)30-33-15-9-6-10-16-33/h5-26,31H,4,27-30H2,1-3H3. The molecular formula is C42H42N2O2. The molecule has 0 bridgehead atoms. The first-order chi connectivity index (χ1) is 22.7.